The first-order chi connectivity index (χ1) is 3.93. The van der Waals surface area contributed by atoms with Crippen LogP contribution in [0.5, 0.6) is 0 Å². The first kappa shape index (κ1) is 5.03. The number of hydrogen-bond acceptors (Lipinski definition) is 2. The molecule has 0 amide bonds. The summed E-state index contributed by atoms with van der Waals surface area (Å²) in [4.78, 5) is 1.44. The molecule has 0 aliphatic heterocycles. The summed E-state index contributed by atoms with van der Waals surface area (Å²) in [5.74, 6) is 0. The van der Waals surface area contributed by atoms with Gasteiger partial charge in [0.05, 0.1) is 12.4 Å². The lowest BCUT2D eigenvalue weighted by atomic mass is 10.7. The molecule has 41 valence electrons. The van der Waals surface area contributed by atoms with Gasteiger partial charge in [0.1, 0.15) is 6.54 Å². The average Bonchev–Trinajstić information content (AvgIpc) is 2.19. The van der Waals surface area contributed by atoms with E-state index in [1.54, 1.807) is 25.0 Å². The van der Waals surface area contributed by atoms with E-state index in [9.17, 15) is 0 Å². The van der Waals surface area contributed by atoms with Gasteiger partial charge in [-0.3, -0.25) is 0 Å². The van der Waals surface area contributed by atoms with Crippen molar-refractivity contribution in [3.8, 4) is 0 Å². The van der Waals surface area contributed by atoms with Crippen LogP contribution in [-0.4, -0.2) is 15.0 Å². The van der Waals surface area contributed by atoms with Gasteiger partial charge in [-0.2, -0.15) is 15.0 Å². The van der Waals surface area contributed by atoms with Crippen LogP contribution in [-0.2, 0) is 0 Å². The lowest BCUT2D eigenvalue weighted by Crippen LogP contribution is -1.95. The zero-order valence-electron chi connectivity index (χ0n) is 4.36. The fourth-order valence-electron chi connectivity index (χ4n) is 0.397. The van der Waals surface area contributed by atoms with Crippen molar-refractivity contribution in [2.75, 3.05) is 0 Å². The smallest absolute Gasteiger partial charge is 0.117 e. The summed E-state index contributed by atoms with van der Waals surface area (Å²) in [7, 11) is 0. The van der Waals surface area contributed by atoms with E-state index in [4.69, 9.17) is 0 Å². The molecule has 3 nitrogen and oxygen atoms in total. The minimum atomic E-state index is 1.44. The van der Waals surface area contributed by atoms with Crippen molar-refractivity contribution in [1.82, 2.24) is 15.0 Å². The Labute approximate surface area is 47.6 Å². The van der Waals surface area contributed by atoms with Crippen LogP contribution in [0.3, 0.4) is 0 Å². The van der Waals surface area contributed by atoms with Gasteiger partial charge in [0, 0.05) is 0 Å². The first-order valence-electron chi connectivity index (χ1n) is 2.25. The Balaban J connectivity index is 2.62. The van der Waals surface area contributed by atoms with Crippen LogP contribution >= 0.6 is 0 Å². The largest absolute Gasteiger partial charge is 0.175 e. The molecule has 8 heavy (non-hydrogen) atoms. The van der Waals surface area contributed by atoms with Crippen molar-refractivity contribution >= 4 is 0 Å². The standard InChI is InChI=1S/C5H6N3/c1-2-5-8-6-3-4-7-8/h2-5H,1H2. The van der Waals surface area contributed by atoms with Gasteiger partial charge in [0.2, 0.25) is 0 Å². The fourth-order valence-corrected chi connectivity index (χ4v) is 0.397. The Bertz CT molecular complexity index is 154. The summed E-state index contributed by atoms with van der Waals surface area (Å²) in [5, 5.41) is 7.57. The Hall–Kier alpha value is -1.12. The van der Waals surface area contributed by atoms with E-state index in [0.29, 0.717) is 0 Å². The molecule has 1 radical (unpaired) electrons. The fraction of sp³-hybridized carbons (Fsp3) is 0. The first-order valence-corrected chi connectivity index (χ1v) is 2.25. The van der Waals surface area contributed by atoms with Gasteiger partial charge in [-0.15, -0.1) is 6.58 Å². The van der Waals surface area contributed by atoms with Gasteiger partial charge in [-0.1, -0.05) is 6.08 Å². The molecule has 0 atom stereocenters. The predicted molar refractivity (Wildman–Crippen MR) is 29.9 cm³/mol. The molecule has 0 bridgehead atoms. The van der Waals surface area contributed by atoms with Gasteiger partial charge in [0.25, 0.3) is 0 Å². The van der Waals surface area contributed by atoms with E-state index in [0.717, 1.165) is 0 Å². The Morgan fingerprint density at radius 1 is 1.38 bits per heavy atom. The lowest BCUT2D eigenvalue weighted by Gasteiger charge is -1.86. The quantitative estimate of drug-likeness (QED) is 0.551. The second-order valence-corrected chi connectivity index (χ2v) is 1.23. The van der Waals surface area contributed by atoms with Crippen LogP contribution in [0.25, 0.3) is 0 Å². The zero-order chi connectivity index (χ0) is 5.82. The van der Waals surface area contributed by atoms with Crippen molar-refractivity contribution in [1.29, 1.82) is 0 Å². The molecule has 0 saturated heterocycles. The summed E-state index contributed by atoms with van der Waals surface area (Å²) >= 11 is 0. The molecule has 0 unspecified atom stereocenters. The molecular weight excluding hydrogens is 102 g/mol. The number of rotatable bonds is 2. The number of aromatic nitrogens is 3. The number of hydrogen-bond donors (Lipinski definition) is 0. The van der Waals surface area contributed by atoms with Crippen LogP contribution in [0.1, 0.15) is 0 Å². The minimum absolute atomic E-state index is 1.44. The van der Waals surface area contributed by atoms with E-state index in [-0.39, 0.29) is 0 Å². The molecule has 1 heterocycles. The molecular formula is C5H6N3. The maximum Gasteiger partial charge on any atom is 0.117 e. The highest BCUT2D eigenvalue weighted by atomic mass is 15.5. The highest BCUT2D eigenvalue weighted by molar-refractivity contribution is 4.84. The molecule has 0 aliphatic rings. The van der Waals surface area contributed by atoms with Crippen molar-refractivity contribution in [2.45, 2.75) is 0 Å². The van der Waals surface area contributed by atoms with Gasteiger partial charge in [-0.05, 0) is 0 Å². The predicted octanol–water partition coefficient (Wildman–Crippen LogP) is 0.474. The molecule has 1 rings (SSSR count). The van der Waals surface area contributed by atoms with E-state index in [1.807, 2.05) is 0 Å². The summed E-state index contributed by atoms with van der Waals surface area (Å²) in [6.45, 7) is 5.15. The zero-order valence-corrected chi connectivity index (χ0v) is 4.36. The third kappa shape index (κ3) is 0.932. The molecule has 0 fully saturated rings. The van der Waals surface area contributed by atoms with Crippen LogP contribution in [0, 0.1) is 6.54 Å². The van der Waals surface area contributed by atoms with Crippen LogP contribution in [0.4, 0.5) is 0 Å². The SMILES string of the molecule is C=C[CH]n1nccn1. The van der Waals surface area contributed by atoms with E-state index >= 15 is 0 Å². The number of allylic oxidation sites excluding steroid dienone is 1. The van der Waals surface area contributed by atoms with E-state index < -0.39 is 0 Å². The number of nitrogens with zero attached hydrogens (tertiary/aromatic N) is 3. The Morgan fingerprint density at radius 3 is 2.50 bits per heavy atom. The van der Waals surface area contributed by atoms with E-state index in [1.165, 1.54) is 4.80 Å². The third-order valence-electron chi connectivity index (χ3n) is 0.675. The van der Waals surface area contributed by atoms with Gasteiger partial charge >= 0.3 is 0 Å². The molecule has 0 aromatic carbocycles. The van der Waals surface area contributed by atoms with Gasteiger partial charge < -0.3 is 0 Å². The summed E-state index contributed by atoms with van der Waals surface area (Å²) < 4.78 is 0. The van der Waals surface area contributed by atoms with Crippen LogP contribution < -0.4 is 0 Å². The lowest BCUT2D eigenvalue weighted by molar-refractivity contribution is 0.711. The summed E-state index contributed by atoms with van der Waals surface area (Å²) in [5.41, 5.74) is 0. The topological polar surface area (TPSA) is 30.7 Å². The van der Waals surface area contributed by atoms with Gasteiger partial charge in [0.15, 0.2) is 0 Å². The highest BCUT2D eigenvalue weighted by Gasteiger charge is 1.82. The molecule has 0 saturated carbocycles. The second kappa shape index (κ2) is 2.26. The molecule has 3 heteroatoms. The molecule has 0 spiro atoms. The maximum atomic E-state index is 3.78. The average molecular weight is 108 g/mol. The summed E-state index contributed by atoms with van der Waals surface area (Å²) in [6, 6.07) is 0. The minimum Gasteiger partial charge on any atom is -0.175 e. The van der Waals surface area contributed by atoms with Crippen LogP contribution in [0.2, 0.25) is 0 Å². The second-order valence-electron chi connectivity index (χ2n) is 1.23. The highest BCUT2D eigenvalue weighted by Crippen LogP contribution is 1.79. The Morgan fingerprint density at radius 2 is 2.00 bits per heavy atom. The maximum absolute atomic E-state index is 3.78. The van der Waals surface area contributed by atoms with Crippen molar-refractivity contribution in [3.63, 3.8) is 0 Å². The normalized spacial score (nSPS) is 9.00. The van der Waals surface area contributed by atoms with E-state index in [2.05, 4.69) is 16.8 Å². The molecule has 1 aromatic heterocycles. The Kier molecular flexibility index (Phi) is 1.42. The van der Waals surface area contributed by atoms with Gasteiger partial charge in [-0.25, -0.2) is 0 Å². The molecule has 1 aromatic rings. The monoisotopic (exact) mass is 108 g/mol. The van der Waals surface area contributed by atoms with Crippen molar-refractivity contribution < 1.29 is 0 Å². The summed E-state index contributed by atoms with van der Waals surface area (Å²) in [6.07, 6.45) is 4.85. The van der Waals surface area contributed by atoms with Crippen LogP contribution in [0.15, 0.2) is 25.0 Å². The third-order valence-corrected chi connectivity index (χ3v) is 0.675. The molecule has 0 N–H and O–H groups in total. The molecule has 0 aliphatic carbocycles. The van der Waals surface area contributed by atoms with Crippen molar-refractivity contribution in [2.24, 2.45) is 0 Å². The van der Waals surface area contributed by atoms with Crippen molar-refractivity contribution in [3.05, 3.63) is 31.6 Å².